The average Bonchev–Trinajstić information content (AvgIpc) is 3.21. The fourth-order valence-corrected chi connectivity index (χ4v) is 4.07. The van der Waals surface area contributed by atoms with Gasteiger partial charge < -0.3 is 14.4 Å². The third-order valence-electron chi connectivity index (χ3n) is 5.68. The van der Waals surface area contributed by atoms with Gasteiger partial charge in [0.25, 0.3) is 5.91 Å². The number of anilines is 1. The minimum atomic E-state index is -0.114. The maximum absolute atomic E-state index is 13.1. The molecule has 1 aliphatic rings. The molecular weight excluding hydrogens is 388 g/mol. The van der Waals surface area contributed by atoms with Gasteiger partial charge in [-0.15, -0.1) is 0 Å². The number of hydrogen-bond acceptors (Lipinski definition) is 3. The normalized spacial score (nSPS) is 14.3. The zero-order valence-corrected chi connectivity index (χ0v) is 17.0. The Kier molecular flexibility index (Phi) is 4.96. The van der Waals surface area contributed by atoms with Crippen molar-refractivity contribution < 1.29 is 9.59 Å². The molecule has 0 saturated carbocycles. The first-order valence-electron chi connectivity index (χ1n) is 10.3. The summed E-state index contributed by atoms with van der Waals surface area (Å²) in [6, 6.07) is 21.7. The largest absolute Gasteiger partial charge is 0.343 e. The number of benzene rings is 2. The van der Waals surface area contributed by atoms with Crippen LogP contribution >= 0.6 is 0 Å². The van der Waals surface area contributed by atoms with Crippen molar-refractivity contribution in [1.29, 1.82) is 0 Å². The lowest BCUT2D eigenvalue weighted by molar-refractivity contribution is -0.120. The van der Waals surface area contributed by atoms with Crippen LogP contribution in [0, 0.1) is 0 Å². The fraction of sp³-hybridized carbons (Fsp3) is 0.160. The molecule has 2 aromatic heterocycles. The number of pyridine rings is 1. The maximum atomic E-state index is 13.1. The van der Waals surface area contributed by atoms with E-state index >= 15 is 0 Å². The highest BCUT2D eigenvalue weighted by atomic mass is 16.2. The van der Waals surface area contributed by atoms with Gasteiger partial charge >= 0.3 is 0 Å². The lowest BCUT2D eigenvalue weighted by Crippen LogP contribution is -2.52. The minimum Gasteiger partial charge on any atom is -0.343 e. The number of carbonyl (C=O) groups is 2. The summed E-state index contributed by atoms with van der Waals surface area (Å²) in [6.07, 6.45) is 5.39. The standard InChI is InChI=1S/C25H22N4O2/c30-24-18-28(13-14-29(24)22-7-4-11-26-16-22)25(31)21-8-9-23-20(15-21)10-12-27(23)17-19-5-2-1-3-6-19/h1-12,15-16H,13-14,17-18H2. The van der Waals surface area contributed by atoms with E-state index in [4.69, 9.17) is 0 Å². The maximum Gasteiger partial charge on any atom is 0.254 e. The highest BCUT2D eigenvalue weighted by molar-refractivity contribution is 6.03. The Bertz CT molecular complexity index is 1230. The average molecular weight is 410 g/mol. The molecule has 5 rings (SSSR count). The van der Waals surface area contributed by atoms with Crippen LogP contribution in [0.25, 0.3) is 10.9 Å². The smallest absolute Gasteiger partial charge is 0.254 e. The zero-order valence-electron chi connectivity index (χ0n) is 17.0. The second-order valence-electron chi connectivity index (χ2n) is 7.69. The van der Waals surface area contributed by atoms with E-state index in [1.165, 1.54) is 5.56 Å². The van der Waals surface area contributed by atoms with E-state index in [1.807, 2.05) is 54.7 Å². The first-order valence-corrected chi connectivity index (χ1v) is 10.3. The molecular formula is C25H22N4O2. The molecule has 0 N–H and O–H groups in total. The second-order valence-corrected chi connectivity index (χ2v) is 7.69. The Labute approximate surface area is 180 Å². The first kappa shape index (κ1) is 19.1. The molecule has 2 amide bonds. The van der Waals surface area contributed by atoms with E-state index in [-0.39, 0.29) is 18.4 Å². The monoisotopic (exact) mass is 410 g/mol. The van der Waals surface area contributed by atoms with Crippen molar-refractivity contribution in [2.45, 2.75) is 6.54 Å². The molecule has 154 valence electrons. The molecule has 0 radical (unpaired) electrons. The highest BCUT2D eigenvalue weighted by Gasteiger charge is 2.28. The molecule has 31 heavy (non-hydrogen) atoms. The van der Waals surface area contributed by atoms with E-state index in [1.54, 1.807) is 28.3 Å². The third-order valence-corrected chi connectivity index (χ3v) is 5.68. The van der Waals surface area contributed by atoms with Crippen molar-refractivity contribution in [2.24, 2.45) is 0 Å². The van der Waals surface area contributed by atoms with Crippen molar-refractivity contribution in [3.8, 4) is 0 Å². The van der Waals surface area contributed by atoms with Gasteiger partial charge in [-0.2, -0.15) is 0 Å². The third kappa shape index (κ3) is 3.80. The molecule has 4 aromatic rings. The van der Waals surface area contributed by atoms with Crippen LogP contribution in [-0.4, -0.2) is 45.9 Å². The summed E-state index contributed by atoms with van der Waals surface area (Å²) in [6.45, 7) is 1.81. The van der Waals surface area contributed by atoms with Crippen molar-refractivity contribution >= 4 is 28.4 Å². The van der Waals surface area contributed by atoms with E-state index in [0.717, 1.165) is 23.1 Å². The lowest BCUT2D eigenvalue weighted by atomic mass is 10.1. The minimum absolute atomic E-state index is 0.0702. The van der Waals surface area contributed by atoms with Gasteiger partial charge in [-0.05, 0) is 42.0 Å². The number of carbonyl (C=O) groups excluding carboxylic acids is 2. The van der Waals surface area contributed by atoms with Crippen molar-refractivity contribution in [1.82, 2.24) is 14.5 Å². The molecule has 1 fully saturated rings. The zero-order chi connectivity index (χ0) is 21.2. The summed E-state index contributed by atoms with van der Waals surface area (Å²) in [5.74, 6) is -0.209. The van der Waals surface area contributed by atoms with Crippen LogP contribution in [-0.2, 0) is 11.3 Å². The molecule has 2 aromatic carbocycles. The van der Waals surface area contributed by atoms with Crippen molar-refractivity contribution in [2.75, 3.05) is 24.5 Å². The van der Waals surface area contributed by atoms with Crippen LogP contribution in [0.2, 0.25) is 0 Å². The van der Waals surface area contributed by atoms with Gasteiger partial charge in [0.1, 0.15) is 6.54 Å². The summed E-state index contributed by atoms with van der Waals surface area (Å²) < 4.78 is 2.18. The molecule has 3 heterocycles. The summed E-state index contributed by atoms with van der Waals surface area (Å²) in [5, 5.41) is 1.02. The molecule has 1 aliphatic heterocycles. The van der Waals surface area contributed by atoms with E-state index < -0.39 is 0 Å². The predicted octanol–water partition coefficient (Wildman–Crippen LogP) is 3.57. The molecule has 0 atom stereocenters. The fourth-order valence-electron chi connectivity index (χ4n) is 4.07. The lowest BCUT2D eigenvalue weighted by Gasteiger charge is -2.34. The number of rotatable bonds is 4. The Morgan fingerprint density at radius 3 is 2.61 bits per heavy atom. The van der Waals surface area contributed by atoms with E-state index in [9.17, 15) is 9.59 Å². The summed E-state index contributed by atoms with van der Waals surface area (Å²) >= 11 is 0. The Balaban J connectivity index is 1.32. The number of nitrogens with zero attached hydrogens (tertiary/aromatic N) is 4. The van der Waals surface area contributed by atoms with Gasteiger partial charge in [0.05, 0.1) is 11.9 Å². The molecule has 6 heteroatoms. The van der Waals surface area contributed by atoms with Gasteiger partial charge in [0.2, 0.25) is 5.91 Å². The van der Waals surface area contributed by atoms with E-state index in [0.29, 0.717) is 18.7 Å². The summed E-state index contributed by atoms with van der Waals surface area (Å²) in [4.78, 5) is 33.1. The van der Waals surface area contributed by atoms with Crippen molar-refractivity contribution in [3.05, 3.63) is 96.4 Å². The van der Waals surface area contributed by atoms with Gasteiger partial charge in [-0.3, -0.25) is 14.6 Å². The number of aromatic nitrogens is 2. The van der Waals surface area contributed by atoms with Gasteiger partial charge in [0.15, 0.2) is 0 Å². The van der Waals surface area contributed by atoms with Gasteiger partial charge in [-0.25, -0.2) is 0 Å². The second kappa shape index (κ2) is 8.07. The van der Waals surface area contributed by atoms with Crippen LogP contribution in [0.5, 0.6) is 0 Å². The first-order chi connectivity index (χ1) is 15.2. The van der Waals surface area contributed by atoms with Crippen LogP contribution < -0.4 is 4.90 Å². The SMILES string of the molecule is O=C(c1ccc2c(ccn2Cc2ccccc2)c1)N1CCN(c2cccnc2)C(=O)C1. The number of amides is 2. The topological polar surface area (TPSA) is 58.4 Å². The van der Waals surface area contributed by atoms with Gasteiger partial charge in [-0.1, -0.05) is 30.3 Å². The number of piperazine rings is 1. The quantitative estimate of drug-likeness (QED) is 0.517. The molecule has 0 unspecified atom stereocenters. The van der Waals surface area contributed by atoms with E-state index in [2.05, 4.69) is 21.7 Å². The number of hydrogen-bond donors (Lipinski definition) is 0. The molecule has 6 nitrogen and oxygen atoms in total. The van der Waals surface area contributed by atoms with Crippen molar-refractivity contribution in [3.63, 3.8) is 0 Å². The van der Waals surface area contributed by atoms with Crippen LogP contribution in [0.4, 0.5) is 5.69 Å². The highest BCUT2D eigenvalue weighted by Crippen LogP contribution is 2.22. The Morgan fingerprint density at radius 2 is 1.84 bits per heavy atom. The summed E-state index contributed by atoms with van der Waals surface area (Å²) in [7, 11) is 0. The molecule has 0 bridgehead atoms. The molecule has 1 saturated heterocycles. The Hall–Kier alpha value is -3.93. The van der Waals surface area contributed by atoms with Gasteiger partial charge in [0, 0.05) is 48.5 Å². The molecule has 0 aliphatic carbocycles. The Morgan fingerprint density at radius 1 is 0.968 bits per heavy atom. The number of fused-ring (bicyclic) bond motifs is 1. The van der Waals surface area contributed by atoms with Crippen LogP contribution in [0.3, 0.4) is 0 Å². The van der Waals surface area contributed by atoms with Crippen LogP contribution in [0.1, 0.15) is 15.9 Å². The summed E-state index contributed by atoms with van der Waals surface area (Å²) in [5.41, 5.74) is 3.68. The van der Waals surface area contributed by atoms with Crippen LogP contribution in [0.15, 0.2) is 85.3 Å². The molecule has 0 spiro atoms. The predicted molar refractivity (Wildman–Crippen MR) is 120 cm³/mol.